The highest BCUT2D eigenvalue weighted by molar-refractivity contribution is 7.78. The molecule has 0 amide bonds. The first-order valence-corrected chi connectivity index (χ1v) is 6.02. The molecule has 1 rings (SSSR count). The van der Waals surface area contributed by atoms with Gasteiger partial charge in [0.05, 0.1) is 25.8 Å². The number of hydrogen-bond acceptors (Lipinski definition) is 3. The minimum atomic E-state index is 0.144. The normalized spacial score (nSPS) is 11.0. The summed E-state index contributed by atoms with van der Waals surface area (Å²) in [5, 5.41) is 11.6. The molecule has 0 spiro atoms. The molecule has 0 aliphatic carbocycles. The Labute approximate surface area is 108 Å². The summed E-state index contributed by atoms with van der Waals surface area (Å²) >= 11 is 4.52. The van der Waals surface area contributed by atoms with Crippen LogP contribution in [0.2, 0.25) is 0 Å². The molecule has 92 valence electrons. The lowest BCUT2D eigenvalue weighted by molar-refractivity contribution is -0.921. The van der Waals surface area contributed by atoms with Crippen LogP contribution in [0.5, 0.6) is 0 Å². The van der Waals surface area contributed by atoms with Gasteiger partial charge in [0.25, 0.3) is 0 Å². The molecule has 1 aromatic carbocycles. The summed E-state index contributed by atoms with van der Waals surface area (Å²) < 4.78 is 0.578. The Hall–Kier alpha value is -1.06. The Bertz CT molecular complexity index is 394. The molecular weight excluding hydrogens is 232 g/mol. The van der Waals surface area contributed by atoms with Gasteiger partial charge in [0.15, 0.2) is 6.73 Å². The van der Waals surface area contributed by atoms with Crippen molar-refractivity contribution in [1.82, 2.24) is 0 Å². The maximum Gasteiger partial charge on any atom is 0.180 e. The van der Waals surface area contributed by atoms with Gasteiger partial charge in [0.2, 0.25) is 0 Å². The summed E-state index contributed by atoms with van der Waals surface area (Å²) in [6.07, 6.45) is 0.891. The molecule has 0 saturated heterocycles. The van der Waals surface area contributed by atoms with Crippen LogP contribution in [-0.4, -0.2) is 42.1 Å². The predicted molar refractivity (Wildman–Crippen MR) is 72.9 cm³/mol. The largest absolute Gasteiger partial charge is 0.347 e. The molecule has 4 heteroatoms. The first-order chi connectivity index (χ1) is 8.07. The molecule has 1 N–H and O–H groups in total. The molecule has 0 saturated carbocycles. The van der Waals surface area contributed by atoms with Gasteiger partial charge in [-0.05, 0) is 24.2 Å². The fourth-order valence-corrected chi connectivity index (χ4v) is 1.68. The van der Waals surface area contributed by atoms with Crippen molar-refractivity contribution in [1.29, 1.82) is 0 Å². The maximum atomic E-state index is 9.20. The zero-order valence-electron chi connectivity index (χ0n) is 10.4. The van der Waals surface area contributed by atoms with E-state index in [1.807, 2.05) is 14.1 Å². The van der Waals surface area contributed by atoms with E-state index in [2.05, 4.69) is 46.6 Å². The van der Waals surface area contributed by atoms with Crippen LogP contribution in [0.1, 0.15) is 11.1 Å². The number of aliphatic hydroxyl groups excluding tert-OH is 1. The Morgan fingerprint density at radius 2 is 1.82 bits per heavy atom. The molecule has 3 nitrogen and oxygen atoms in total. The van der Waals surface area contributed by atoms with Crippen molar-refractivity contribution < 1.29 is 9.59 Å². The average Bonchev–Trinajstić information content (AvgIpc) is 2.31. The standard InChI is InChI=1S/C13H19N2OS/c1-15(2,11-16)9-13-5-3-12(4-6-13)7-8-14-10-17/h3-6,16H,7-9,11H2,1-2H3/q+1. The number of hydrogen-bond donors (Lipinski definition) is 1. The molecule has 0 atom stereocenters. The van der Waals surface area contributed by atoms with Gasteiger partial charge in [-0.2, -0.15) is 0 Å². The van der Waals surface area contributed by atoms with E-state index in [0.717, 1.165) is 13.0 Å². The third kappa shape index (κ3) is 5.20. The molecule has 1 aromatic rings. The van der Waals surface area contributed by atoms with Crippen LogP contribution in [0.15, 0.2) is 29.3 Å². The van der Waals surface area contributed by atoms with Crippen molar-refractivity contribution in [3.05, 3.63) is 35.4 Å². The summed E-state index contributed by atoms with van der Waals surface area (Å²) in [4.78, 5) is 3.89. The monoisotopic (exact) mass is 251 g/mol. The highest BCUT2D eigenvalue weighted by atomic mass is 32.1. The quantitative estimate of drug-likeness (QED) is 0.362. The van der Waals surface area contributed by atoms with Gasteiger partial charge in [-0.3, -0.25) is 0 Å². The van der Waals surface area contributed by atoms with Gasteiger partial charge in [0.1, 0.15) is 6.54 Å². The van der Waals surface area contributed by atoms with Gasteiger partial charge >= 0.3 is 0 Å². The molecule has 0 heterocycles. The summed E-state index contributed by atoms with van der Waals surface area (Å²) in [5.74, 6) is 0. The molecule has 0 radical (unpaired) electrons. The number of aliphatic hydroxyl groups is 1. The number of nitrogens with zero attached hydrogens (tertiary/aromatic N) is 2. The van der Waals surface area contributed by atoms with Crippen LogP contribution in [-0.2, 0) is 13.0 Å². The smallest absolute Gasteiger partial charge is 0.180 e. The summed E-state index contributed by atoms with van der Waals surface area (Å²) in [7, 11) is 4.00. The second-order valence-corrected chi connectivity index (χ2v) is 4.96. The number of aliphatic imine (C=N–C) groups is 1. The first kappa shape index (κ1) is 14.0. The highest BCUT2D eigenvalue weighted by Crippen LogP contribution is 2.10. The van der Waals surface area contributed by atoms with Gasteiger partial charge < -0.3 is 9.59 Å². The molecule has 0 aliphatic rings. The van der Waals surface area contributed by atoms with Crippen molar-refractivity contribution in [3.8, 4) is 0 Å². The Balaban J connectivity index is 2.58. The second-order valence-electron chi connectivity index (χ2n) is 4.77. The highest BCUT2D eigenvalue weighted by Gasteiger charge is 2.13. The number of quaternary nitrogens is 1. The molecule has 17 heavy (non-hydrogen) atoms. The molecule has 0 unspecified atom stereocenters. The van der Waals surface area contributed by atoms with Crippen LogP contribution in [0.3, 0.4) is 0 Å². The molecule has 0 aliphatic heterocycles. The molecule has 0 aromatic heterocycles. The number of thiocarbonyl (C=S) groups is 1. The summed E-state index contributed by atoms with van der Waals surface area (Å²) in [6, 6.07) is 8.41. The van der Waals surface area contributed by atoms with E-state index in [4.69, 9.17) is 0 Å². The minimum absolute atomic E-state index is 0.144. The van der Waals surface area contributed by atoms with E-state index in [0.29, 0.717) is 11.0 Å². The lowest BCUT2D eigenvalue weighted by Crippen LogP contribution is -2.39. The van der Waals surface area contributed by atoms with Crippen molar-refractivity contribution in [2.75, 3.05) is 27.4 Å². The fraction of sp³-hybridized carbons (Fsp3) is 0.462. The number of benzene rings is 1. The topological polar surface area (TPSA) is 32.6 Å². The molecule has 0 fully saturated rings. The van der Waals surface area contributed by atoms with Crippen LogP contribution in [0, 0.1) is 0 Å². The lowest BCUT2D eigenvalue weighted by atomic mass is 10.1. The minimum Gasteiger partial charge on any atom is -0.347 e. The first-order valence-electron chi connectivity index (χ1n) is 5.62. The van der Waals surface area contributed by atoms with Crippen molar-refractivity contribution in [2.24, 2.45) is 4.99 Å². The Morgan fingerprint density at radius 1 is 1.24 bits per heavy atom. The van der Waals surface area contributed by atoms with Gasteiger partial charge in [-0.1, -0.05) is 24.3 Å². The van der Waals surface area contributed by atoms with E-state index in [9.17, 15) is 5.11 Å². The van der Waals surface area contributed by atoms with Crippen molar-refractivity contribution in [2.45, 2.75) is 13.0 Å². The van der Waals surface area contributed by atoms with E-state index in [1.54, 1.807) is 0 Å². The second kappa shape index (κ2) is 6.62. The SMILES string of the molecule is C[N+](C)(CO)Cc1ccc(CCN=C=S)cc1. The third-order valence-corrected chi connectivity index (χ3v) is 2.72. The van der Waals surface area contributed by atoms with E-state index in [-0.39, 0.29) is 6.73 Å². The van der Waals surface area contributed by atoms with Crippen LogP contribution >= 0.6 is 12.2 Å². The average molecular weight is 251 g/mol. The van der Waals surface area contributed by atoms with Crippen LogP contribution in [0.4, 0.5) is 0 Å². The van der Waals surface area contributed by atoms with Crippen molar-refractivity contribution in [3.63, 3.8) is 0 Å². The number of isothiocyanates is 1. The van der Waals surface area contributed by atoms with Crippen LogP contribution in [0.25, 0.3) is 0 Å². The lowest BCUT2D eigenvalue weighted by Gasteiger charge is -2.26. The predicted octanol–water partition coefficient (Wildman–Crippen LogP) is 1.86. The molecule has 0 bridgehead atoms. The van der Waals surface area contributed by atoms with E-state index < -0.39 is 0 Å². The van der Waals surface area contributed by atoms with Gasteiger partial charge in [0, 0.05) is 5.56 Å². The summed E-state index contributed by atoms with van der Waals surface area (Å²) in [5.41, 5.74) is 2.48. The Morgan fingerprint density at radius 3 is 2.35 bits per heavy atom. The van der Waals surface area contributed by atoms with Gasteiger partial charge in [-0.25, -0.2) is 4.99 Å². The number of rotatable bonds is 6. The van der Waals surface area contributed by atoms with E-state index >= 15 is 0 Å². The zero-order chi connectivity index (χ0) is 12.7. The summed E-state index contributed by atoms with van der Waals surface area (Å²) in [6.45, 7) is 1.67. The maximum absolute atomic E-state index is 9.20. The van der Waals surface area contributed by atoms with Crippen LogP contribution < -0.4 is 0 Å². The zero-order valence-corrected chi connectivity index (χ0v) is 11.2. The fourth-order valence-electron chi connectivity index (χ4n) is 1.59. The Kier molecular flexibility index (Phi) is 5.45. The van der Waals surface area contributed by atoms with Gasteiger partial charge in [-0.15, -0.1) is 0 Å². The van der Waals surface area contributed by atoms with E-state index in [1.165, 1.54) is 11.1 Å². The third-order valence-electron chi connectivity index (χ3n) is 2.59. The van der Waals surface area contributed by atoms with Crippen molar-refractivity contribution >= 4 is 17.4 Å². The molecular formula is C13H19N2OS+.